The second-order valence-corrected chi connectivity index (χ2v) is 12.7. The molecule has 43 heavy (non-hydrogen) atoms. The molecule has 2 unspecified atom stereocenters. The minimum absolute atomic E-state index is 0.0570. The van der Waals surface area contributed by atoms with Crippen molar-refractivity contribution in [2.45, 2.75) is 75.0 Å². The van der Waals surface area contributed by atoms with Crippen LogP contribution < -0.4 is 4.90 Å². The molecule has 1 N–H and O–H groups in total. The second kappa shape index (κ2) is 10.3. The van der Waals surface area contributed by atoms with E-state index in [1.54, 1.807) is 0 Å². The zero-order valence-corrected chi connectivity index (χ0v) is 23.5. The number of aromatic nitrogens is 2. The lowest BCUT2D eigenvalue weighted by molar-refractivity contribution is -0.137. The van der Waals surface area contributed by atoms with Crippen LogP contribution in [0.25, 0.3) is 21.5 Å². The maximum Gasteiger partial charge on any atom is 0.417 e. The molecule has 1 aliphatic carbocycles. The van der Waals surface area contributed by atoms with Gasteiger partial charge in [0.05, 0.1) is 29.0 Å². The summed E-state index contributed by atoms with van der Waals surface area (Å²) in [6.07, 6.45) is -1.20. The van der Waals surface area contributed by atoms with Gasteiger partial charge in [-0.2, -0.15) is 13.2 Å². The molecule has 0 amide bonds. The van der Waals surface area contributed by atoms with Crippen LogP contribution in [0.15, 0.2) is 40.9 Å². The lowest BCUT2D eigenvalue weighted by atomic mass is 9.88. The molecule has 3 fully saturated rings. The summed E-state index contributed by atoms with van der Waals surface area (Å²) < 4.78 is 84.0. The topological polar surface area (TPSA) is 88.7 Å². The van der Waals surface area contributed by atoms with Crippen LogP contribution in [-0.2, 0) is 17.5 Å². The normalized spacial score (nSPS) is 23.8. The Kier molecular flexibility index (Phi) is 6.73. The number of benzene rings is 2. The Balaban J connectivity index is 1.08. The highest BCUT2D eigenvalue weighted by molar-refractivity contribution is 7.22. The fraction of sp³-hybridized carbons (Fsp3) is 0.433. The van der Waals surface area contributed by atoms with Gasteiger partial charge in [0.25, 0.3) is 0 Å². The van der Waals surface area contributed by atoms with Crippen LogP contribution in [-0.4, -0.2) is 45.6 Å². The van der Waals surface area contributed by atoms with Gasteiger partial charge < -0.3 is 19.3 Å². The molecular formula is C30H26F5N3O4S. The number of thiazole rings is 1. The minimum atomic E-state index is -4.59. The quantitative estimate of drug-likeness (QED) is 0.202. The highest BCUT2D eigenvalue weighted by Crippen LogP contribution is 2.48. The smallest absolute Gasteiger partial charge is 0.417 e. The van der Waals surface area contributed by atoms with Gasteiger partial charge >= 0.3 is 12.1 Å². The van der Waals surface area contributed by atoms with Gasteiger partial charge in [0.15, 0.2) is 10.9 Å². The molecule has 3 aliphatic rings. The number of alkyl halides is 4. The number of anilines is 1. The molecule has 4 aromatic rings. The molecular weight excluding hydrogens is 593 g/mol. The number of halogens is 5. The number of rotatable bonds is 8. The number of aromatic carboxylic acids is 1. The van der Waals surface area contributed by atoms with Crippen molar-refractivity contribution in [1.82, 2.24) is 10.1 Å². The van der Waals surface area contributed by atoms with E-state index in [0.29, 0.717) is 34.0 Å². The van der Waals surface area contributed by atoms with Crippen LogP contribution in [0.3, 0.4) is 0 Å². The van der Waals surface area contributed by atoms with Crippen LogP contribution in [0.4, 0.5) is 27.1 Å². The van der Waals surface area contributed by atoms with Gasteiger partial charge in [-0.3, -0.25) is 0 Å². The predicted octanol–water partition coefficient (Wildman–Crippen LogP) is 7.74. The van der Waals surface area contributed by atoms with E-state index in [9.17, 15) is 27.5 Å². The van der Waals surface area contributed by atoms with Crippen molar-refractivity contribution in [3.05, 3.63) is 64.7 Å². The number of carboxylic acid groups (broad SMARTS) is 1. The highest BCUT2D eigenvalue weighted by atomic mass is 32.1. The Morgan fingerprint density at radius 3 is 2.53 bits per heavy atom. The van der Waals surface area contributed by atoms with Crippen LogP contribution in [0, 0.1) is 5.82 Å². The van der Waals surface area contributed by atoms with E-state index >= 15 is 4.39 Å². The molecule has 226 valence electrons. The molecule has 0 radical (unpaired) electrons. The van der Waals surface area contributed by atoms with Crippen molar-refractivity contribution in [2.75, 3.05) is 11.5 Å². The number of hydrogen-bond acceptors (Lipinski definition) is 7. The van der Waals surface area contributed by atoms with Gasteiger partial charge in [0.2, 0.25) is 0 Å². The van der Waals surface area contributed by atoms with Crippen LogP contribution in [0.5, 0.6) is 0 Å². The Hall–Kier alpha value is -3.58. The standard InChI is InChI=1S/C30H26F5N3O4S/c31-22-9-16(27(39)40)10-23-25(22)36-28(43-23)38-17-7-8-18(38)12-29(32,11-17)14-41-13-20-24(37-42-26(20)15-5-6-15)19-3-1-2-4-21(19)30(33,34)35/h1-4,9-10,15,17-18H,5-8,11-14H2,(H,39,40). The predicted molar refractivity (Wildman–Crippen MR) is 147 cm³/mol. The van der Waals surface area contributed by atoms with E-state index in [1.165, 1.54) is 35.6 Å². The summed E-state index contributed by atoms with van der Waals surface area (Å²) in [4.78, 5) is 17.8. The summed E-state index contributed by atoms with van der Waals surface area (Å²) in [5.41, 5.74) is -2.20. The van der Waals surface area contributed by atoms with Crippen molar-refractivity contribution < 1.29 is 41.1 Å². The molecule has 7 nitrogen and oxygen atoms in total. The van der Waals surface area contributed by atoms with Gasteiger partial charge in [-0.15, -0.1) is 0 Å². The van der Waals surface area contributed by atoms with E-state index < -0.39 is 29.2 Å². The summed E-state index contributed by atoms with van der Waals surface area (Å²) in [5, 5.41) is 13.8. The molecule has 2 aromatic heterocycles. The van der Waals surface area contributed by atoms with Crippen molar-refractivity contribution in [3.8, 4) is 11.3 Å². The van der Waals surface area contributed by atoms with E-state index in [4.69, 9.17) is 9.26 Å². The first-order chi connectivity index (χ1) is 20.5. The molecule has 13 heteroatoms. The van der Waals surface area contributed by atoms with Gasteiger partial charge in [-0.25, -0.2) is 18.6 Å². The average Bonchev–Trinajstić information content (AvgIpc) is 3.45. The fourth-order valence-electron chi connectivity index (χ4n) is 6.54. The Morgan fingerprint density at radius 1 is 1.14 bits per heavy atom. The zero-order chi connectivity index (χ0) is 30.1. The number of carboxylic acids is 1. The number of fused-ring (bicyclic) bond motifs is 3. The zero-order valence-electron chi connectivity index (χ0n) is 22.7. The third-order valence-corrected chi connectivity index (χ3v) is 9.60. The number of nitrogens with zero attached hydrogens (tertiary/aromatic N) is 3. The molecule has 2 saturated heterocycles. The Bertz CT molecular complexity index is 1700. The molecule has 2 bridgehead atoms. The first kappa shape index (κ1) is 28.2. The van der Waals surface area contributed by atoms with Gasteiger partial charge in [-0.05, 0) is 43.9 Å². The van der Waals surface area contributed by atoms with Crippen molar-refractivity contribution in [1.29, 1.82) is 0 Å². The second-order valence-electron chi connectivity index (χ2n) is 11.6. The van der Waals surface area contributed by atoms with Gasteiger partial charge in [-0.1, -0.05) is 34.7 Å². The minimum Gasteiger partial charge on any atom is -0.478 e. The maximum absolute atomic E-state index is 16.3. The van der Waals surface area contributed by atoms with Gasteiger partial charge in [0.1, 0.15) is 22.6 Å². The first-order valence-corrected chi connectivity index (χ1v) is 14.9. The molecule has 2 atom stereocenters. The maximum atomic E-state index is 16.3. The molecule has 7 rings (SSSR count). The number of ether oxygens (including phenoxy) is 1. The number of piperidine rings is 1. The summed E-state index contributed by atoms with van der Waals surface area (Å²) in [7, 11) is 0. The van der Waals surface area contributed by atoms with Crippen molar-refractivity contribution >= 4 is 32.7 Å². The Labute approximate surface area is 246 Å². The van der Waals surface area contributed by atoms with E-state index in [1.807, 2.05) is 4.90 Å². The molecule has 1 saturated carbocycles. The molecule has 2 aromatic carbocycles. The van der Waals surface area contributed by atoms with Gasteiger partial charge in [0, 0.05) is 42.0 Å². The summed E-state index contributed by atoms with van der Waals surface area (Å²) >= 11 is 1.19. The number of hydrogen-bond donors (Lipinski definition) is 1. The lowest BCUT2D eigenvalue weighted by Crippen LogP contribution is -2.51. The van der Waals surface area contributed by atoms with Crippen LogP contribution in [0.2, 0.25) is 0 Å². The molecule has 2 aliphatic heterocycles. The van der Waals surface area contributed by atoms with Crippen molar-refractivity contribution in [2.24, 2.45) is 0 Å². The summed E-state index contributed by atoms with van der Waals surface area (Å²) in [5.74, 6) is -1.40. The fourth-order valence-corrected chi connectivity index (χ4v) is 7.71. The third-order valence-electron chi connectivity index (χ3n) is 8.59. The largest absolute Gasteiger partial charge is 0.478 e. The van der Waals surface area contributed by atoms with Crippen LogP contribution in [0.1, 0.15) is 71.7 Å². The third kappa shape index (κ3) is 5.16. The molecule has 4 heterocycles. The molecule has 0 spiro atoms. The van der Waals surface area contributed by atoms with Crippen molar-refractivity contribution in [3.63, 3.8) is 0 Å². The summed E-state index contributed by atoms with van der Waals surface area (Å²) in [6, 6.07) is 7.09. The van der Waals surface area contributed by atoms with Crippen LogP contribution >= 0.6 is 11.3 Å². The van der Waals surface area contributed by atoms with E-state index in [-0.39, 0.29) is 66.4 Å². The van der Waals surface area contributed by atoms with E-state index in [0.717, 1.165) is 25.0 Å². The number of carbonyl (C=O) groups is 1. The lowest BCUT2D eigenvalue weighted by Gasteiger charge is -2.42. The van der Waals surface area contributed by atoms with E-state index in [2.05, 4.69) is 10.1 Å². The highest BCUT2D eigenvalue weighted by Gasteiger charge is 2.50. The SMILES string of the molecule is O=C(O)c1cc(F)c2nc(N3C4CCC3CC(F)(COCc3c(-c5ccccc5C(F)(F)F)noc3C3CC3)C4)sc2c1. The average molecular weight is 620 g/mol. The first-order valence-electron chi connectivity index (χ1n) is 14.0. The Morgan fingerprint density at radius 2 is 1.86 bits per heavy atom. The summed E-state index contributed by atoms with van der Waals surface area (Å²) in [6.45, 7) is -0.384. The monoisotopic (exact) mass is 619 g/mol.